The lowest BCUT2D eigenvalue weighted by molar-refractivity contribution is -0.166. The Hall–Kier alpha value is -4.19. The maximum Gasteiger partial charge on any atom is 0.309 e. The molecule has 0 aliphatic carbocycles. The maximum absolute atomic E-state index is 12.9. The second-order valence-electron chi connectivity index (χ2n) is 22.7. The fourth-order valence-corrected chi connectivity index (χ4v) is 9.67. The minimum Gasteiger partial charge on any atom is -0.462 e. The number of carbonyl (C=O) groups is 3. The first kappa shape index (κ1) is 77.8. The van der Waals surface area contributed by atoms with Gasteiger partial charge in [-0.05, 0) is 83.5 Å². The van der Waals surface area contributed by atoms with E-state index in [1.807, 2.05) is 6.08 Å². The molecular weight excluding hydrogens is 1010 g/mol. The zero-order chi connectivity index (χ0) is 59.2. The molecule has 0 saturated carbocycles. The summed E-state index contributed by atoms with van der Waals surface area (Å²) in [4.78, 5) is 38.2. The molecule has 82 heavy (non-hydrogen) atoms. The van der Waals surface area contributed by atoms with Gasteiger partial charge in [-0.25, -0.2) is 0 Å². The van der Waals surface area contributed by atoms with Crippen LogP contribution in [-0.4, -0.2) is 37.2 Å². The molecular formula is C76H128O6. The molecule has 1 unspecified atom stereocenters. The molecule has 0 amide bonds. The average Bonchev–Trinajstić information content (AvgIpc) is 3.47. The van der Waals surface area contributed by atoms with Gasteiger partial charge in [0.1, 0.15) is 13.2 Å². The van der Waals surface area contributed by atoms with E-state index < -0.39 is 18.0 Å². The van der Waals surface area contributed by atoms with E-state index in [9.17, 15) is 14.4 Å². The van der Waals surface area contributed by atoms with Gasteiger partial charge in [-0.3, -0.25) is 14.4 Å². The zero-order valence-corrected chi connectivity index (χ0v) is 53.7. The largest absolute Gasteiger partial charge is 0.462 e. The lowest BCUT2D eigenvalue weighted by Gasteiger charge is -2.18. The van der Waals surface area contributed by atoms with Crippen LogP contribution in [0.15, 0.2) is 122 Å². The number of ether oxygens (including phenoxy) is 3. The number of allylic oxidation sites excluding steroid dienone is 19. The van der Waals surface area contributed by atoms with Crippen LogP contribution in [0.5, 0.6) is 0 Å². The summed E-state index contributed by atoms with van der Waals surface area (Å²) in [5.41, 5.74) is 0. The third-order valence-corrected chi connectivity index (χ3v) is 14.7. The molecule has 0 aromatic rings. The lowest BCUT2D eigenvalue weighted by Crippen LogP contribution is -2.30. The first-order valence-corrected chi connectivity index (χ1v) is 34.5. The minimum absolute atomic E-state index is 0.112. The molecule has 0 aliphatic rings. The van der Waals surface area contributed by atoms with Crippen molar-refractivity contribution in [3.63, 3.8) is 0 Å². The third kappa shape index (κ3) is 66.6. The Morgan fingerprint density at radius 1 is 0.268 bits per heavy atom. The molecule has 0 aromatic heterocycles. The minimum atomic E-state index is -0.851. The Balaban J connectivity index is 4.28. The molecule has 0 aromatic carbocycles. The topological polar surface area (TPSA) is 78.9 Å². The molecule has 0 radical (unpaired) electrons. The highest BCUT2D eigenvalue weighted by Crippen LogP contribution is 2.18. The van der Waals surface area contributed by atoms with E-state index >= 15 is 0 Å². The van der Waals surface area contributed by atoms with E-state index in [1.54, 1.807) is 6.08 Å². The number of esters is 3. The number of hydrogen-bond donors (Lipinski definition) is 0. The highest BCUT2D eigenvalue weighted by atomic mass is 16.6. The van der Waals surface area contributed by atoms with Gasteiger partial charge in [0.2, 0.25) is 0 Å². The normalized spacial score (nSPS) is 12.9. The van der Waals surface area contributed by atoms with E-state index in [0.717, 1.165) is 89.9 Å². The Labute approximate surface area is 507 Å². The average molecular weight is 1140 g/mol. The highest BCUT2D eigenvalue weighted by Gasteiger charge is 2.19. The summed E-state index contributed by atoms with van der Waals surface area (Å²) in [6.07, 6.45) is 97.1. The number of unbranched alkanes of at least 4 members (excludes halogenated alkanes) is 32. The molecule has 0 aliphatic heterocycles. The Kier molecular flexibility index (Phi) is 65.8. The molecule has 0 saturated heterocycles. The van der Waals surface area contributed by atoms with Gasteiger partial charge in [0, 0.05) is 12.8 Å². The van der Waals surface area contributed by atoms with Gasteiger partial charge in [0.05, 0.1) is 6.42 Å². The molecule has 0 fully saturated rings. The molecule has 6 heteroatoms. The van der Waals surface area contributed by atoms with Crippen molar-refractivity contribution in [3.05, 3.63) is 122 Å². The van der Waals surface area contributed by atoms with E-state index in [4.69, 9.17) is 14.2 Å². The van der Waals surface area contributed by atoms with Crippen LogP contribution in [0.2, 0.25) is 0 Å². The van der Waals surface area contributed by atoms with Crippen LogP contribution in [0.4, 0.5) is 0 Å². The molecule has 0 bridgehead atoms. The fourth-order valence-electron chi connectivity index (χ4n) is 9.67. The van der Waals surface area contributed by atoms with Gasteiger partial charge in [0.25, 0.3) is 0 Å². The maximum atomic E-state index is 12.9. The standard InChI is InChI=1S/C76H128O6/c1-4-7-10-13-16-19-22-25-28-30-31-32-33-34-35-36-37-38-39-40-41-42-43-44-46-48-51-54-57-60-63-66-69-75(78)81-72-73(71-80-74(77)68-65-62-59-56-53-50-47-27-24-21-18-15-12-9-6-3)82-76(79)70-67-64-61-58-55-52-49-45-29-26-23-20-17-14-11-8-5-2/h8-9,11-12,17-18,20-21,26-27,29,47,49,52-53,56,58,61-62,65,73H,4-7,10,13-16,19,22-25,28,30-46,48,50-51,54-55,57,59-60,63-64,66-72H2,1-3H3/b11-8-,12-9-,20-17-,21-18-,29-26-,47-27-,52-49-,56-53-,61-58-,65-62-. The number of carbonyl (C=O) groups excluding carboxylic acids is 3. The van der Waals surface area contributed by atoms with Crippen molar-refractivity contribution in [2.75, 3.05) is 13.2 Å². The molecule has 0 spiro atoms. The van der Waals surface area contributed by atoms with Gasteiger partial charge in [-0.2, -0.15) is 0 Å². The predicted octanol–water partition coefficient (Wildman–Crippen LogP) is 23.9. The quantitative estimate of drug-likeness (QED) is 0.0261. The van der Waals surface area contributed by atoms with Crippen LogP contribution in [0, 0.1) is 0 Å². The van der Waals surface area contributed by atoms with E-state index in [1.165, 1.54) is 186 Å². The van der Waals surface area contributed by atoms with Crippen molar-refractivity contribution in [2.45, 2.75) is 329 Å². The summed E-state index contributed by atoms with van der Waals surface area (Å²) in [5.74, 6) is -1.12. The van der Waals surface area contributed by atoms with Gasteiger partial charge < -0.3 is 14.2 Å². The van der Waals surface area contributed by atoms with E-state index in [2.05, 4.69) is 130 Å². The van der Waals surface area contributed by atoms with Gasteiger partial charge in [-0.1, -0.05) is 341 Å². The molecule has 468 valence electrons. The smallest absolute Gasteiger partial charge is 0.309 e. The summed E-state index contributed by atoms with van der Waals surface area (Å²) in [6, 6.07) is 0. The summed E-state index contributed by atoms with van der Waals surface area (Å²) in [5, 5.41) is 0. The van der Waals surface area contributed by atoms with Crippen LogP contribution in [0.1, 0.15) is 323 Å². The molecule has 0 N–H and O–H groups in total. The van der Waals surface area contributed by atoms with Gasteiger partial charge in [-0.15, -0.1) is 0 Å². The van der Waals surface area contributed by atoms with Gasteiger partial charge in [0.15, 0.2) is 6.10 Å². The summed E-state index contributed by atoms with van der Waals surface area (Å²) in [6.45, 7) is 6.30. The summed E-state index contributed by atoms with van der Waals surface area (Å²) >= 11 is 0. The Morgan fingerprint density at radius 2 is 0.524 bits per heavy atom. The predicted molar refractivity (Wildman–Crippen MR) is 357 cm³/mol. The summed E-state index contributed by atoms with van der Waals surface area (Å²) < 4.78 is 16.8. The van der Waals surface area contributed by atoms with Crippen LogP contribution >= 0.6 is 0 Å². The van der Waals surface area contributed by atoms with Crippen LogP contribution in [-0.2, 0) is 28.6 Å². The van der Waals surface area contributed by atoms with Crippen LogP contribution in [0.25, 0.3) is 0 Å². The first-order chi connectivity index (χ1) is 40.5. The third-order valence-electron chi connectivity index (χ3n) is 14.7. The van der Waals surface area contributed by atoms with Crippen molar-refractivity contribution in [1.82, 2.24) is 0 Å². The number of hydrogen-bond acceptors (Lipinski definition) is 6. The molecule has 0 heterocycles. The highest BCUT2D eigenvalue weighted by molar-refractivity contribution is 5.72. The van der Waals surface area contributed by atoms with Crippen molar-refractivity contribution < 1.29 is 28.6 Å². The van der Waals surface area contributed by atoms with Crippen molar-refractivity contribution in [3.8, 4) is 0 Å². The monoisotopic (exact) mass is 1140 g/mol. The van der Waals surface area contributed by atoms with Crippen LogP contribution < -0.4 is 0 Å². The fraction of sp³-hybridized carbons (Fsp3) is 0.697. The SMILES string of the molecule is CC/C=C\C/C=C\C/C=C\C/C=C\C/C=C\CCCC(=O)OC(COC(=O)C/C=C\C/C=C\C/C=C\C/C=C\C/C=C\CC)COC(=O)CCCCCCCCCCCCCCCCCCCCCCCCCCCCCCCCCC. The van der Waals surface area contributed by atoms with Crippen molar-refractivity contribution >= 4 is 17.9 Å². The number of rotatable bonds is 62. The van der Waals surface area contributed by atoms with E-state index in [0.29, 0.717) is 12.8 Å². The summed E-state index contributed by atoms with van der Waals surface area (Å²) in [7, 11) is 0. The molecule has 0 rings (SSSR count). The van der Waals surface area contributed by atoms with E-state index in [-0.39, 0.29) is 32.0 Å². The van der Waals surface area contributed by atoms with Crippen molar-refractivity contribution in [2.24, 2.45) is 0 Å². The lowest BCUT2D eigenvalue weighted by atomic mass is 10.0. The Bertz CT molecular complexity index is 1690. The van der Waals surface area contributed by atoms with Crippen LogP contribution in [0.3, 0.4) is 0 Å². The second kappa shape index (κ2) is 69.3. The Morgan fingerprint density at radius 3 is 0.841 bits per heavy atom. The zero-order valence-electron chi connectivity index (χ0n) is 53.7. The molecule has 6 nitrogen and oxygen atoms in total. The first-order valence-electron chi connectivity index (χ1n) is 34.5. The van der Waals surface area contributed by atoms with Gasteiger partial charge >= 0.3 is 17.9 Å². The van der Waals surface area contributed by atoms with Crippen molar-refractivity contribution in [1.29, 1.82) is 0 Å². The second-order valence-corrected chi connectivity index (χ2v) is 22.7. The molecule has 1 atom stereocenters.